The summed E-state index contributed by atoms with van der Waals surface area (Å²) >= 11 is 1.33. The predicted octanol–water partition coefficient (Wildman–Crippen LogP) is 3.18. The van der Waals surface area contributed by atoms with E-state index < -0.39 is 5.97 Å². The van der Waals surface area contributed by atoms with Crippen molar-refractivity contribution in [1.29, 1.82) is 0 Å². The van der Waals surface area contributed by atoms with Crippen molar-refractivity contribution in [1.82, 2.24) is 5.32 Å². The summed E-state index contributed by atoms with van der Waals surface area (Å²) < 4.78 is 5.19. The molecule has 0 spiro atoms. The number of anilines is 1. The molecule has 1 aliphatic rings. The Balaban J connectivity index is 1.95. The van der Waals surface area contributed by atoms with E-state index in [1.54, 1.807) is 6.92 Å². The Bertz CT molecular complexity index is 668. The number of nitrogens with one attached hydrogen (secondary N) is 2. The van der Waals surface area contributed by atoms with Gasteiger partial charge in [0.05, 0.1) is 5.56 Å². The molecule has 0 bridgehead atoms. The standard InChI is InChI=1S/C18H26N2O4S/c1-10-7-5-6-8-14(10)20-15(22)9-24-18(23)16-11(2)12(3)25-17(16)19-13(4)21/h10,14H,5-9H2,1-4H3,(H,19,21)(H,20,22)/t10-,14+/m1/s1. The van der Waals surface area contributed by atoms with Crippen LogP contribution in [0.3, 0.4) is 0 Å². The van der Waals surface area contributed by atoms with Crippen LogP contribution in [-0.4, -0.2) is 30.4 Å². The lowest BCUT2D eigenvalue weighted by atomic mass is 9.86. The van der Waals surface area contributed by atoms with Gasteiger partial charge in [-0.15, -0.1) is 11.3 Å². The summed E-state index contributed by atoms with van der Waals surface area (Å²) in [5, 5.41) is 6.08. The number of hydrogen-bond acceptors (Lipinski definition) is 5. The summed E-state index contributed by atoms with van der Waals surface area (Å²) in [6, 6.07) is 0.153. The van der Waals surface area contributed by atoms with Gasteiger partial charge in [0.25, 0.3) is 5.91 Å². The van der Waals surface area contributed by atoms with Gasteiger partial charge in [-0.05, 0) is 38.2 Å². The van der Waals surface area contributed by atoms with Crippen LogP contribution in [0.5, 0.6) is 0 Å². The highest BCUT2D eigenvalue weighted by Gasteiger charge is 2.25. The van der Waals surface area contributed by atoms with Crippen LogP contribution in [0.2, 0.25) is 0 Å². The molecular weight excluding hydrogens is 340 g/mol. The van der Waals surface area contributed by atoms with Crippen molar-refractivity contribution in [3.63, 3.8) is 0 Å². The van der Waals surface area contributed by atoms with E-state index in [1.807, 2.05) is 6.92 Å². The van der Waals surface area contributed by atoms with Crippen LogP contribution >= 0.6 is 11.3 Å². The van der Waals surface area contributed by atoms with E-state index in [1.165, 1.54) is 24.7 Å². The summed E-state index contributed by atoms with van der Waals surface area (Å²) in [6.45, 7) is 6.89. The van der Waals surface area contributed by atoms with Crippen molar-refractivity contribution in [2.75, 3.05) is 11.9 Å². The third-order valence-electron chi connectivity index (χ3n) is 4.67. The average Bonchev–Trinajstić information content (AvgIpc) is 2.81. The Labute approximate surface area is 152 Å². The topological polar surface area (TPSA) is 84.5 Å². The number of amides is 2. The molecule has 25 heavy (non-hydrogen) atoms. The van der Waals surface area contributed by atoms with Gasteiger partial charge in [0.2, 0.25) is 5.91 Å². The molecule has 2 amide bonds. The molecule has 0 saturated heterocycles. The lowest BCUT2D eigenvalue weighted by Gasteiger charge is -2.29. The van der Waals surface area contributed by atoms with Gasteiger partial charge >= 0.3 is 5.97 Å². The van der Waals surface area contributed by atoms with Gasteiger partial charge in [0.15, 0.2) is 6.61 Å². The number of thiophene rings is 1. The monoisotopic (exact) mass is 366 g/mol. The van der Waals surface area contributed by atoms with Crippen LogP contribution in [-0.2, 0) is 14.3 Å². The molecule has 138 valence electrons. The minimum Gasteiger partial charge on any atom is -0.452 e. The van der Waals surface area contributed by atoms with Gasteiger partial charge in [0, 0.05) is 17.8 Å². The maximum Gasteiger partial charge on any atom is 0.341 e. The highest BCUT2D eigenvalue weighted by molar-refractivity contribution is 7.16. The largest absolute Gasteiger partial charge is 0.452 e. The van der Waals surface area contributed by atoms with Gasteiger partial charge in [0.1, 0.15) is 5.00 Å². The molecule has 2 N–H and O–H groups in total. The Morgan fingerprint density at radius 3 is 2.52 bits per heavy atom. The van der Waals surface area contributed by atoms with E-state index in [2.05, 4.69) is 17.6 Å². The Hall–Kier alpha value is -1.89. The van der Waals surface area contributed by atoms with Crippen LogP contribution in [0.4, 0.5) is 5.00 Å². The predicted molar refractivity (Wildman–Crippen MR) is 97.9 cm³/mol. The molecule has 1 aromatic heterocycles. The summed E-state index contributed by atoms with van der Waals surface area (Å²) in [4.78, 5) is 36.7. The molecule has 0 aromatic carbocycles. The Morgan fingerprint density at radius 1 is 1.20 bits per heavy atom. The molecule has 1 aliphatic carbocycles. The Morgan fingerprint density at radius 2 is 1.88 bits per heavy atom. The number of ether oxygens (including phenoxy) is 1. The van der Waals surface area contributed by atoms with Gasteiger partial charge in [-0.25, -0.2) is 4.79 Å². The number of hydrogen-bond donors (Lipinski definition) is 2. The van der Waals surface area contributed by atoms with Crippen molar-refractivity contribution in [3.8, 4) is 0 Å². The highest BCUT2D eigenvalue weighted by Crippen LogP contribution is 2.33. The summed E-state index contributed by atoms with van der Waals surface area (Å²) in [6.07, 6.45) is 4.39. The van der Waals surface area contributed by atoms with Crippen molar-refractivity contribution >= 4 is 34.1 Å². The smallest absolute Gasteiger partial charge is 0.341 e. The minimum absolute atomic E-state index is 0.153. The molecule has 1 fully saturated rings. The first-order valence-electron chi connectivity index (χ1n) is 8.63. The minimum atomic E-state index is -0.586. The van der Waals surface area contributed by atoms with E-state index in [0.717, 1.165) is 29.7 Å². The molecule has 7 heteroatoms. The van der Waals surface area contributed by atoms with Crippen LogP contribution < -0.4 is 10.6 Å². The van der Waals surface area contributed by atoms with Crippen molar-refractivity contribution in [2.24, 2.45) is 5.92 Å². The fourth-order valence-corrected chi connectivity index (χ4v) is 4.20. The molecule has 0 unspecified atom stereocenters. The third kappa shape index (κ3) is 5.04. The first-order valence-corrected chi connectivity index (χ1v) is 9.45. The summed E-state index contributed by atoms with van der Waals surface area (Å²) in [5.41, 5.74) is 1.09. The van der Waals surface area contributed by atoms with Crippen molar-refractivity contribution in [2.45, 2.75) is 59.4 Å². The molecule has 2 rings (SSSR count). The van der Waals surface area contributed by atoms with E-state index in [9.17, 15) is 14.4 Å². The summed E-state index contributed by atoms with van der Waals surface area (Å²) in [5.74, 6) is -0.670. The molecule has 6 nitrogen and oxygen atoms in total. The van der Waals surface area contributed by atoms with Crippen LogP contribution in [0.25, 0.3) is 0 Å². The molecule has 1 saturated carbocycles. The zero-order valence-electron chi connectivity index (χ0n) is 15.2. The van der Waals surface area contributed by atoms with Crippen LogP contribution in [0, 0.1) is 19.8 Å². The number of aryl methyl sites for hydroxylation is 1. The van der Waals surface area contributed by atoms with E-state index in [-0.39, 0.29) is 24.5 Å². The lowest BCUT2D eigenvalue weighted by molar-refractivity contribution is -0.125. The lowest BCUT2D eigenvalue weighted by Crippen LogP contribution is -2.42. The fourth-order valence-electron chi connectivity index (χ4n) is 3.10. The molecule has 0 aliphatic heterocycles. The van der Waals surface area contributed by atoms with Gasteiger partial charge in [-0.1, -0.05) is 19.8 Å². The SMILES string of the molecule is CC(=O)Nc1sc(C)c(C)c1C(=O)OCC(=O)N[C@H]1CCCC[C@H]1C. The van der Waals surface area contributed by atoms with Gasteiger partial charge in [-0.2, -0.15) is 0 Å². The number of esters is 1. The van der Waals surface area contributed by atoms with Crippen molar-refractivity contribution in [3.05, 3.63) is 16.0 Å². The Kier molecular flexibility index (Phi) is 6.58. The zero-order chi connectivity index (χ0) is 18.6. The molecule has 1 aromatic rings. The maximum atomic E-state index is 12.4. The number of carbonyl (C=O) groups excluding carboxylic acids is 3. The highest BCUT2D eigenvalue weighted by atomic mass is 32.1. The molecule has 2 atom stereocenters. The number of carbonyl (C=O) groups is 3. The molecular formula is C18H26N2O4S. The van der Waals surface area contributed by atoms with Crippen molar-refractivity contribution < 1.29 is 19.1 Å². The normalized spacial score (nSPS) is 20.0. The maximum absolute atomic E-state index is 12.4. The van der Waals surface area contributed by atoms with E-state index in [4.69, 9.17) is 4.74 Å². The zero-order valence-corrected chi connectivity index (χ0v) is 16.0. The first kappa shape index (κ1) is 19.4. The molecule has 1 heterocycles. The van der Waals surface area contributed by atoms with Gasteiger partial charge in [-0.3, -0.25) is 9.59 Å². The number of rotatable bonds is 5. The second kappa shape index (κ2) is 8.47. The first-order chi connectivity index (χ1) is 11.8. The second-order valence-corrected chi connectivity index (χ2v) is 7.91. The third-order valence-corrected chi connectivity index (χ3v) is 5.79. The quantitative estimate of drug-likeness (QED) is 0.784. The van der Waals surface area contributed by atoms with Crippen LogP contribution in [0.15, 0.2) is 0 Å². The summed E-state index contributed by atoms with van der Waals surface area (Å²) in [7, 11) is 0. The fraction of sp³-hybridized carbons (Fsp3) is 0.611. The van der Waals surface area contributed by atoms with Gasteiger partial charge < -0.3 is 15.4 Å². The van der Waals surface area contributed by atoms with E-state index in [0.29, 0.717) is 16.5 Å². The van der Waals surface area contributed by atoms with Crippen LogP contribution in [0.1, 0.15) is 60.3 Å². The average molecular weight is 366 g/mol. The second-order valence-electron chi connectivity index (χ2n) is 6.68. The van der Waals surface area contributed by atoms with E-state index >= 15 is 0 Å². The molecule has 0 radical (unpaired) electrons.